The minimum absolute atomic E-state index is 0.114. The van der Waals surface area contributed by atoms with E-state index in [9.17, 15) is 4.79 Å². The number of hydrogen-bond acceptors (Lipinski definition) is 3. The molecule has 0 saturated carbocycles. The van der Waals surface area contributed by atoms with Crippen molar-refractivity contribution in [1.29, 1.82) is 0 Å². The number of rotatable bonds is 4. The number of hydrogen-bond donors (Lipinski definition) is 2. The molecule has 1 saturated heterocycles. The summed E-state index contributed by atoms with van der Waals surface area (Å²) in [5.41, 5.74) is 7.99. The zero-order valence-electron chi connectivity index (χ0n) is 13.4. The van der Waals surface area contributed by atoms with E-state index in [-0.39, 0.29) is 17.5 Å². The van der Waals surface area contributed by atoms with Crippen molar-refractivity contribution in [2.45, 2.75) is 58.2 Å². The smallest absolute Gasteiger partial charge is 0.240 e. The number of nitrogens with zero attached hydrogens (tertiary/aromatic N) is 1. The van der Waals surface area contributed by atoms with E-state index in [1.165, 1.54) is 5.56 Å². The number of nitrogens with two attached hydrogens (primary N) is 1. The van der Waals surface area contributed by atoms with E-state index in [2.05, 4.69) is 55.3 Å². The van der Waals surface area contributed by atoms with Crippen LogP contribution in [0.4, 0.5) is 5.69 Å². The normalized spacial score (nSPS) is 19.6. The van der Waals surface area contributed by atoms with Crippen molar-refractivity contribution in [3.63, 3.8) is 0 Å². The van der Waals surface area contributed by atoms with Crippen molar-refractivity contribution < 1.29 is 4.79 Å². The Balaban J connectivity index is 2.05. The van der Waals surface area contributed by atoms with E-state index >= 15 is 0 Å². The standard InChI is InChI=1S/C17H27N3O/c1-17(2,3)19-12-13-7-9-14(10-8-13)20-11-5-4-6-15(20)16(18)21/h7-10,15,19H,4-6,11-12H2,1-3H3,(H2,18,21). The molecule has 1 unspecified atom stereocenters. The molecule has 116 valence electrons. The Morgan fingerprint density at radius 1 is 1.29 bits per heavy atom. The summed E-state index contributed by atoms with van der Waals surface area (Å²) in [6.07, 6.45) is 3.07. The van der Waals surface area contributed by atoms with Crippen molar-refractivity contribution in [1.82, 2.24) is 5.32 Å². The first kappa shape index (κ1) is 15.8. The monoisotopic (exact) mass is 289 g/mol. The molecule has 21 heavy (non-hydrogen) atoms. The Morgan fingerprint density at radius 3 is 2.52 bits per heavy atom. The van der Waals surface area contributed by atoms with Gasteiger partial charge in [0.25, 0.3) is 0 Å². The average molecular weight is 289 g/mol. The fourth-order valence-electron chi connectivity index (χ4n) is 2.71. The molecule has 4 nitrogen and oxygen atoms in total. The van der Waals surface area contributed by atoms with Crippen LogP contribution in [0.1, 0.15) is 45.6 Å². The highest BCUT2D eigenvalue weighted by Gasteiger charge is 2.26. The molecular formula is C17H27N3O. The van der Waals surface area contributed by atoms with Gasteiger partial charge in [-0.1, -0.05) is 12.1 Å². The Kier molecular flexibility index (Phi) is 4.88. The van der Waals surface area contributed by atoms with Gasteiger partial charge in [0.2, 0.25) is 5.91 Å². The molecule has 1 amide bonds. The van der Waals surface area contributed by atoms with Crippen molar-refractivity contribution in [3.05, 3.63) is 29.8 Å². The zero-order chi connectivity index (χ0) is 15.5. The van der Waals surface area contributed by atoms with Gasteiger partial charge >= 0.3 is 0 Å². The Hall–Kier alpha value is -1.55. The SMILES string of the molecule is CC(C)(C)NCc1ccc(N2CCCCC2C(N)=O)cc1. The van der Waals surface area contributed by atoms with Gasteiger partial charge in [0.05, 0.1) is 0 Å². The Morgan fingerprint density at radius 2 is 1.95 bits per heavy atom. The lowest BCUT2D eigenvalue weighted by molar-refractivity contribution is -0.119. The molecule has 3 N–H and O–H groups in total. The highest BCUT2D eigenvalue weighted by Crippen LogP contribution is 2.25. The molecule has 0 bridgehead atoms. The summed E-state index contributed by atoms with van der Waals surface area (Å²) in [5, 5.41) is 3.48. The van der Waals surface area contributed by atoms with Crippen LogP contribution in [0.15, 0.2) is 24.3 Å². The van der Waals surface area contributed by atoms with Gasteiger partial charge < -0.3 is 16.0 Å². The summed E-state index contributed by atoms with van der Waals surface area (Å²) in [7, 11) is 0. The van der Waals surface area contributed by atoms with Crippen molar-refractivity contribution in [3.8, 4) is 0 Å². The molecule has 1 aliphatic rings. The van der Waals surface area contributed by atoms with Crippen molar-refractivity contribution in [2.24, 2.45) is 5.73 Å². The molecule has 0 aliphatic carbocycles. The van der Waals surface area contributed by atoms with Crippen LogP contribution in [0.3, 0.4) is 0 Å². The third-order valence-electron chi connectivity index (χ3n) is 3.92. The number of primary amides is 1. The maximum atomic E-state index is 11.6. The first-order chi connectivity index (χ1) is 9.87. The molecule has 1 aromatic carbocycles. The molecule has 1 heterocycles. The third kappa shape index (κ3) is 4.46. The summed E-state index contributed by atoms with van der Waals surface area (Å²) in [6, 6.07) is 8.29. The number of benzene rings is 1. The van der Waals surface area contributed by atoms with Crippen LogP contribution in [0.25, 0.3) is 0 Å². The summed E-state index contributed by atoms with van der Waals surface area (Å²) < 4.78 is 0. The molecule has 1 aliphatic heterocycles. The second-order valence-electron chi connectivity index (χ2n) is 6.88. The van der Waals surface area contributed by atoms with Gasteiger partial charge in [0.15, 0.2) is 0 Å². The summed E-state index contributed by atoms with van der Waals surface area (Å²) >= 11 is 0. The molecular weight excluding hydrogens is 262 g/mol. The lowest BCUT2D eigenvalue weighted by atomic mass is 10.0. The highest BCUT2D eigenvalue weighted by atomic mass is 16.1. The first-order valence-electron chi connectivity index (χ1n) is 7.77. The topological polar surface area (TPSA) is 58.4 Å². The predicted molar refractivity (Wildman–Crippen MR) is 87.2 cm³/mol. The second kappa shape index (κ2) is 6.48. The lowest BCUT2D eigenvalue weighted by Gasteiger charge is -2.35. The van der Waals surface area contributed by atoms with Crippen molar-refractivity contribution in [2.75, 3.05) is 11.4 Å². The van der Waals surface area contributed by atoms with E-state index in [0.29, 0.717) is 0 Å². The van der Waals surface area contributed by atoms with Gasteiger partial charge in [-0.05, 0) is 57.7 Å². The van der Waals surface area contributed by atoms with Crippen LogP contribution in [0, 0.1) is 0 Å². The fourth-order valence-corrected chi connectivity index (χ4v) is 2.71. The predicted octanol–water partition coefficient (Wildman–Crippen LogP) is 2.42. The zero-order valence-corrected chi connectivity index (χ0v) is 13.4. The summed E-state index contributed by atoms with van der Waals surface area (Å²) in [5.74, 6) is -0.215. The third-order valence-corrected chi connectivity index (χ3v) is 3.92. The molecule has 1 fully saturated rings. The van der Waals surface area contributed by atoms with Crippen LogP contribution in [0.5, 0.6) is 0 Å². The van der Waals surface area contributed by atoms with Crippen LogP contribution < -0.4 is 16.0 Å². The number of amides is 1. The number of carbonyl (C=O) groups is 1. The fraction of sp³-hybridized carbons (Fsp3) is 0.588. The molecule has 0 spiro atoms. The van der Waals surface area contributed by atoms with E-state index in [1.807, 2.05) is 0 Å². The quantitative estimate of drug-likeness (QED) is 0.895. The Labute approximate surface area is 127 Å². The number of nitrogens with one attached hydrogen (secondary N) is 1. The number of piperidine rings is 1. The number of anilines is 1. The van der Waals surface area contributed by atoms with E-state index < -0.39 is 0 Å². The van der Waals surface area contributed by atoms with Gasteiger partial charge in [-0.15, -0.1) is 0 Å². The lowest BCUT2D eigenvalue weighted by Crippen LogP contribution is -2.47. The van der Waals surface area contributed by atoms with Crippen molar-refractivity contribution >= 4 is 11.6 Å². The summed E-state index contributed by atoms with van der Waals surface area (Å²) in [6.45, 7) is 8.24. The van der Waals surface area contributed by atoms with Crippen LogP contribution in [-0.2, 0) is 11.3 Å². The minimum atomic E-state index is -0.215. The molecule has 0 aromatic heterocycles. The van der Waals surface area contributed by atoms with Crippen LogP contribution in [-0.4, -0.2) is 24.0 Å². The average Bonchev–Trinajstić information content (AvgIpc) is 2.45. The maximum Gasteiger partial charge on any atom is 0.240 e. The molecule has 2 rings (SSSR count). The molecule has 4 heteroatoms. The summed E-state index contributed by atoms with van der Waals surface area (Å²) in [4.78, 5) is 13.7. The maximum absolute atomic E-state index is 11.6. The second-order valence-corrected chi connectivity index (χ2v) is 6.88. The van der Waals surface area contributed by atoms with E-state index in [4.69, 9.17) is 5.73 Å². The molecule has 0 radical (unpaired) electrons. The van der Waals surface area contributed by atoms with Gasteiger partial charge in [0.1, 0.15) is 6.04 Å². The highest BCUT2D eigenvalue weighted by molar-refractivity contribution is 5.83. The largest absolute Gasteiger partial charge is 0.368 e. The minimum Gasteiger partial charge on any atom is -0.368 e. The van der Waals surface area contributed by atoms with Gasteiger partial charge in [-0.25, -0.2) is 0 Å². The van der Waals surface area contributed by atoms with Crippen LogP contribution in [0.2, 0.25) is 0 Å². The van der Waals surface area contributed by atoms with Gasteiger partial charge in [-0.3, -0.25) is 4.79 Å². The van der Waals surface area contributed by atoms with Gasteiger partial charge in [0, 0.05) is 24.3 Å². The van der Waals surface area contributed by atoms with E-state index in [0.717, 1.165) is 38.0 Å². The number of carbonyl (C=O) groups excluding carboxylic acids is 1. The molecule has 1 aromatic rings. The van der Waals surface area contributed by atoms with Gasteiger partial charge in [-0.2, -0.15) is 0 Å². The van der Waals surface area contributed by atoms with E-state index in [1.54, 1.807) is 0 Å². The first-order valence-corrected chi connectivity index (χ1v) is 7.77. The Bertz CT molecular complexity index is 476. The van der Waals surface area contributed by atoms with Crippen LogP contribution >= 0.6 is 0 Å². The molecule has 1 atom stereocenters.